The smallest absolute Gasteiger partial charge is 0.251 e. The third-order valence-corrected chi connectivity index (χ3v) is 6.91. The summed E-state index contributed by atoms with van der Waals surface area (Å²) < 4.78 is 0. The number of rotatable bonds is 4. The number of amides is 1. The number of piperidine rings is 1. The van der Waals surface area contributed by atoms with Crippen LogP contribution in [-0.2, 0) is 17.8 Å². The van der Waals surface area contributed by atoms with Gasteiger partial charge in [0.1, 0.15) is 0 Å². The van der Waals surface area contributed by atoms with Crippen LogP contribution < -0.4 is 5.32 Å². The van der Waals surface area contributed by atoms with E-state index in [0.717, 1.165) is 50.0 Å². The lowest BCUT2D eigenvalue weighted by molar-refractivity contribution is -0.116. The van der Waals surface area contributed by atoms with Gasteiger partial charge in [-0.25, -0.2) is 0 Å². The Balaban J connectivity index is 1.17. The van der Waals surface area contributed by atoms with Gasteiger partial charge in [0.15, 0.2) is 0 Å². The normalized spacial score (nSPS) is 23.0. The Labute approximate surface area is 167 Å². The molecule has 1 heterocycles. The number of hydrogen-bond acceptors (Lipinski definition) is 2. The monoisotopic (exact) mass is 372 g/mol. The van der Waals surface area contributed by atoms with Crippen molar-refractivity contribution < 1.29 is 4.79 Å². The van der Waals surface area contributed by atoms with E-state index in [1.54, 1.807) is 0 Å². The van der Waals surface area contributed by atoms with E-state index >= 15 is 0 Å². The standard InChI is InChI=1S/C25H28N2O/c28-24(22-12-6-10-20-9-4-5-11-21(20)22)26-23-17-25(23)13-15-27(16-14-25)18-19-7-2-1-3-8-19/h1-5,7-9,11-12,23H,6,10,13-18H2,(H,26,28). The fourth-order valence-corrected chi connectivity index (χ4v) is 5.04. The topological polar surface area (TPSA) is 32.3 Å². The third kappa shape index (κ3) is 3.40. The summed E-state index contributed by atoms with van der Waals surface area (Å²) in [6, 6.07) is 19.4. The lowest BCUT2D eigenvalue weighted by Crippen LogP contribution is -2.38. The average molecular weight is 373 g/mol. The van der Waals surface area contributed by atoms with Crippen molar-refractivity contribution in [3.05, 3.63) is 77.4 Å². The molecule has 144 valence electrons. The molecule has 3 aliphatic rings. The maximum atomic E-state index is 13.0. The Morgan fingerprint density at radius 1 is 1.04 bits per heavy atom. The Hall–Kier alpha value is -2.39. The number of carbonyl (C=O) groups is 1. The van der Waals surface area contributed by atoms with Gasteiger partial charge in [0.2, 0.25) is 0 Å². The van der Waals surface area contributed by atoms with Gasteiger partial charge in [0.05, 0.1) is 0 Å². The summed E-state index contributed by atoms with van der Waals surface area (Å²) in [5, 5.41) is 3.36. The molecule has 5 rings (SSSR count). The summed E-state index contributed by atoms with van der Waals surface area (Å²) in [4.78, 5) is 15.5. The molecule has 2 aromatic carbocycles. The van der Waals surface area contributed by atoms with Crippen LogP contribution in [0.15, 0.2) is 60.7 Å². The van der Waals surface area contributed by atoms with E-state index in [2.05, 4.69) is 64.8 Å². The van der Waals surface area contributed by atoms with Gasteiger partial charge in [-0.1, -0.05) is 60.7 Å². The summed E-state index contributed by atoms with van der Waals surface area (Å²) in [6.07, 6.45) is 7.66. The van der Waals surface area contributed by atoms with Crippen LogP contribution in [0.25, 0.3) is 5.57 Å². The van der Waals surface area contributed by atoms with Crippen LogP contribution >= 0.6 is 0 Å². The molecule has 0 aromatic heterocycles. The summed E-state index contributed by atoms with van der Waals surface area (Å²) in [5.41, 5.74) is 5.04. The number of nitrogens with one attached hydrogen (secondary N) is 1. The van der Waals surface area contributed by atoms with Gasteiger partial charge < -0.3 is 5.32 Å². The van der Waals surface area contributed by atoms with Gasteiger partial charge >= 0.3 is 0 Å². The number of likely N-dealkylation sites (tertiary alicyclic amines) is 1. The Bertz CT molecular complexity index is 894. The summed E-state index contributed by atoms with van der Waals surface area (Å²) in [7, 11) is 0. The van der Waals surface area contributed by atoms with Crippen LogP contribution in [-0.4, -0.2) is 29.9 Å². The lowest BCUT2D eigenvalue weighted by atomic mass is 9.90. The molecule has 0 bridgehead atoms. The van der Waals surface area contributed by atoms with Gasteiger partial charge in [0.25, 0.3) is 5.91 Å². The molecule has 1 spiro atoms. The SMILES string of the molecule is O=C(NC1CC12CCN(Cc1ccccc1)CC2)C1=CCCc2ccccc21. The first-order chi connectivity index (χ1) is 13.7. The van der Waals surface area contributed by atoms with Crippen LogP contribution in [0.1, 0.15) is 42.4 Å². The summed E-state index contributed by atoms with van der Waals surface area (Å²) in [5.74, 6) is 0.126. The Kier molecular flexibility index (Phi) is 4.56. The minimum absolute atomic E-state index is 0.126. The van der Waals surface area contributed by atoms with Crippen molar-refractivity contribution in [3.8, 4) is 0 Å². The fourth-order valence-electron chi connectivity index (χ4n) is 5.04. The summed E-state index contributed by atoms with van der Waals surface area (Å²) >= 11 is 0. The number of benzene rings is 2. The van der Waals surface area contributed by atoms with Crippen molar-refractivity contribution >= 4 is 11.5 Å². The molecular formula is C25H28N2O. The van der Waals surface area contributed by atoms with Crippen LogP contribution in [0.4, 0.5) is 0 Å². The number of aryl methyl sites for hydroxylation is 1. The second-order valence-electron chi connectivity index (χ2n) is 8.67. The van der Waals surface area contributed by atoms with Gasteiger partial charge in [-0.3, -0.25) is 9.69 Å². The van der Waals surface area contributed by atoms with Crippen molar-refractivity contribution in [1.29, 1.82) is 0 Å². The molecule has 1 saturated carbocycles. The van der Waals surface area contributed by atoms with E-state index in [9.17, 15) is 4.79 Å². The van der Waals surface area contributed by atoms with E-state index in [1.165, 1.54) is 24.0 Å². The molecule has 1 unspecified atom stereocenters. The van der Waals surface area contributed by atoms with Crippen LogP contribution in [0.2, 0.25) is 0 Å². The van der Waals surface area contributed by atoms with Crippen LogP contribution in [0.3, 0.4) is 0 Å². The first-order valence-corrected chi connectivity index (χ1v) is 10.6. The molecular weight excluding hydrogens is 344 g/mol. The highest BCUT2D eigenvalue weighted by Gasteiger charge is 2.55. The molecule has 3 nitrogen and oxygen atoms in total. The Morgan fingerprint density at radius 2 is 1.79 bits per heavy atom. The maximum absolute atomic E-state index is 13.0. The van der Waals surface area contributed by atoms with Crippen molar-refractivity contribution in [3.63, 3.8) is 0 Å². The number of allylic oxidation sites excluding steroid dienone is 1. The van der Waals surface area contributed by atoms with Crippen molar-refractivity contribution in [2.24, 2.45) is 5.41 Å². The highest BCUT2D eigenvalue weighted by atomic mass is 16.1. The van der Waals surface area contributed by atoms with E-state index in [0.29, 0.717) is 11.5 Å². The number of fused-ring (bicyclic) bond motifs is 1. The van der Waals surface area contributed by atoms with Gasteiger partial charge in [-0.05, 0) is 67.3 Å². The third-order valence-electron chi connectivity index (χ3n) is 6.91. The van der Waals surface area contributed by atoms with Crippen LogP contribution in [0.5, 0.6) is 0 Å². The minimum atomic E-state index is 0.126. The quantitative estimate of drug-likeness (QED) is 0.873. The molecule has 1 saturated heterocycles. The van der Waals surface area contributed by atoms with E-state index in [1.807, 2.05) is 6.07 Å². The number of carbonyl (C=O) groups excluding carboxylic acids is 1. The van der Waals surface area contributed by atoms with Crippen molar-refractivity contribution in [2.45, 2.75) is 44.7 Å². The van der Waals surface area contributed by atoms with Gasteiger partial charge in [-0.2, -0.15) is 0 Å². The molecule has 1 aliphatic heterocycles. The molecule has 1 atom stereocenters. The molecule has 0 radical (unpaired) electrons. The van der Waals surface area contributed by atoms with Gasteiger partial charge in [-0.15, -0.1) is 0 Å². The second kappa shape index (κ2) is 7.21. The zero-order valence-electron chi connectivity index (χ0n) is 16.4. The molecule has 28 heavy (non-hydrogen) atoms. The first-order valence-electron chi connectivity index (χ1n) is 10.6. The number of nitrogens with zero attached hydrogens (tertiary/aromatic N) is 1. The zero-order chi connectivity index (χ0) is 19.0. The predicted molar refractivity (Wildman–Crippen MR) is 113 cm³/mol. The summed E-state index contributed by atoms with van der Waals surface area (Å²) in [6.45, 7) is 3.30. The minimum Gasteiger partial charge on any atom is -0.349 e. The van der Waals surface area contributed by atoms with Crippen molar-refractivity contribution in [1.82, 2.24) is 10.2 Å². The largest absolute Gasteiger partial charge is 0.349 e. The average Bonchev–Trinajstić information content (AvgIpc) is 3.41. The molecule has 2 aromatic rings. The second-order valence-corrected chi connectivity index (χ2v) is 8.67. The van der Waals surface area contributed by atoms with Gasteiger partial charge in [0, 0.05) is 18.2 Å². The molecule has 2 aliphatic carbocycles. The van der Waals surface area contributed by atoms with Crippen molar-refractivity contribution in [2.75, 3.05) is 13.1 Å². The molecule has 1 amide bonds. The van der Waals surface area contributed by atoms with E-state index in [4.69, 9.17) is 0 Å². The van der Waals surface area contributed by atoms with E-state index < -0.39 is 0 Å². The number of hydrogen-bond donors (Lipinski definition) is 1. The molecule has 1 N–H and O–H groups in total. The van der Waals surface area contributed by atoms with E-state index in [-0.39, 0.29) is 5.91 Å². The zero-order valence-corrected chi connectivity index (χ0v) is 16.4. The highest BCUT2D eigenvalue weighted by molar-refractivity contribution is 6.20. The Morgan fingerprint density at radius 3 is 2.61 bits per heavy atom. The lowest BCUT2D eigenvalue weighted by Gasteiger charge is -2.33. The molecule has 2 fully saturated rings. The van der Waals surface area contributed by atoms with Crippen LogP contribution in [0, 0.1) is 5.41 Å². The first kappa shape index (κ1) is 17.7. The fraction of sp³-hybridized carbons (Fsp3) is 0.400. The predicted octanol–water partition coefficient (Wildman–Crippen LogP) is 4.19. The molecule has 3 heteroatoms. The highest BCUT2D eigenvalue weighted by Crippen LogP contribution is 2.54. The maximum Gasteiger partial charge on any atom is 0.251 e.